The number of hydrogen-bond donors (Lipinski definition) is 2. The molecular weight excluding hydrogens is 429 g/mol. The first-order valence-electron chi connectivity index (χ1n) is 8.14. The van der Waals surface area contributed by atoms with Gasteiger partial charge in [-0.1, -0.05) is 30.3 Å². The predicted molar refractivity (Wildman–Crippen MR) is 113 cm³/mol. The number of nitrogens with one attached hydrogen (secondary N) is 2. The van der Waals surface area contributed by atoms with Crippen molar-refractivity contribution in [2.75, 3.05) is 26.8 Å². The smallest absolute Gasteiger partial charge is 0.191 e. The van der Waals surface area contributed by atoms with Crippen LogP contribution in [0.15, 0.2) is 59.6 Å². The average molecular weight is 455 g/mol. The molecule has 0 spiro atoms. The Hall–Kier alpha value is -1.80. The lowest BCUT2D eigenvalue weighted by Gasteiger charge is -2.11. The summed E-state index contributed by atoms with van der Waals surface area (Å²) in [5, 5.41) is 6.44. The molecule has 2 N–H and O–H groups in total. The standard InChI is InChI=1S/C19H25N3O2.HI/c1-3-20-19(21-13-14-23-2)22-15-16-9-11-18(12-10-16)24-17-7-5-4-6-8-17;/h4-12H,3,13-15H2,1-2H3,(H2,20,21,22);1H. The van der Waals surface area contributed by atoms with Crippen LogP contribution in [0.1, 0.15) is 12.5 Å². The van der Waals surface area contributed by atoms with Crippen molar-refractivity contribution in [1.29, 1.82) is 0 Å². The molecule has 0 amide bonds. The van der Waals surface area contributed by atoms with Gasteiger partial charge >= 0.3 is 0 Å². The fourth-order valence-electron chi connectivity index (χ4n) is 2.07. The summed E-state index contributed by atoms with van der Waals surface area (Å²) >= 11 is 0. The van der Waals surface area contributed by atoms with Crippen LogP contribution >= 0.6 is 24.0 Å². The molecule has 0 bridgehead atoms. The highest BCUT2D eigenvalue weighted by Crippen LogP contribution is 2.21. The lowest BCUT2D eigenvalue weighted by Crippen LogP contribution is -2.38. The molecule has 2 aromatic rings. The minimum Gasteiger partial charge on any atom is -0.457 e. The molecule has 25 heavy (non-hydrogen) atoms. The molecule has 0 unspecified atom stereocenters. The first-order valence-corrected chi connectivity index (χ1v) is 8.14. The number of hydrogen-bond acceptors (Lipinski definition) is 3. The highest BCUT2D eigenvalue weighted by molar-refractivity contribution is 14.0. The summed E-state index contributed by atoms with van der Waals surface area (Å²) in [6.45, 7) is 4.85. The molecule has 0 radical (unpaired) electrons. The largest absolute Gasteiger partial charge is 0.457 e. The van der Waals surface area contributed by atoms with E-state index in [9.17, 15) is 0 Å². The molecule has 0 aliphatic rings. The second kappa shape index (κ2) is 12.5. The molecule has 0 fully saturated rings. The van der Waals surface area contributed by atoms with E-state index < -0.39 is 0 Å². The second-order valence-electron chi connectivity index (χ2n) is 5.17. The van der Waals surface area contributed by atoms with Crippen LogP contribution in [0.25, 0.3) is 0 Å². The molecule has 136 valence electrons. The number of nitrogens with zero attached hydrogens (tertiary/aromatic N) is 1. The molecule has 2 rings (SSSR count). The van der Waals surface area contributed by atoms with Gasteiger partial charge in [0.1, 0.15) is 11.5 Å². The summed E-state index contributed by atoms with van der Waals surface area (Å²) in [4.78, 5) is 4.57. The quantitative estimate of drug-likeness (QED) is 0.275. The Kier molecular flexibility index (Phi) is 10.7. The lowest BCUT2D eigenvalue weighted by atomic mass is 10.2. The maximum Gasteiger partial charge on any atom is 0.191 e. The van der Waals surface area contributed by atoms with E-state index in [1.165, 1.54) is 0 Å². The summed E-state index contributed by atoms with van der Waals surface area (Å²) in [6.07, 6.45) is 0. The summed E-state index contributed by atoms with van der Waals surface area (Å²) in [5.41, 5.74) is 1.12. The highest BCUT2D eigenvalue weighted by Gasteiger charge is 1.99. The van der Waals surface area contributed by atoms with Gasteiger partial charge in [-0.3, -0.25) is 0 Å². The van der Waals surface area contributed by atoms with E-state index in [2.05, 4.69) is 15.6 Å². The van der Waals surface area contributed by atoms with Gasteiger partial charge in [-0.15, -0.1) is 24.0 Å². The first kappa shape index (κ1) is 21.2. The monoisotopic (exact) mass is 455 g/mol. The Labute approximate surface area is 166 Å². The van der Waals surface area contributed by atoms with Crippen LogP contribution in [0.5, 0.6) is 11.5 Å². The van der Waals surface area contributed by atoms with Gasteiger partial charge in [-0.25, -0.2) is 4.99 Å². The lowest BCUT2D eigenvalue weighted by molar-refractivity contribution is 0.203. The van der Waals surface area contributed by atoms with Crippen LogP contribution in [0, 0.1) is 0 Å². The molecule has 0 aliphatic carbocycles. The SMILES string of the molecule is CCNC(=NCc1ccc(Oc2ccccc2)cc1)NCCOC.I. The molecule has 0 saturated carbocycles. The molecule has 0 heterocycles. The van der Waals surface area contributed by atoms with Crippen molar-refractivity contribution in [3.8, 4) is 11.5 Å². The summed E-state index contributed by atoms with van der Waals surface area (Å²) in [5.74, 6) is 2.44. The van der Waals surface area contributed by atoms with E-state index in [-0.39, 0.29) is 24.0 Å². The van der Waals surface area contributed by atoms with Gasteiger partial charge in [0.15, 0.2) is 5.96 Å². The number of para-hydroxylation sites is 1. The number of aliphatic imine (C=N–C) groups is 1. The van der Waals surface area contributed by atoms with Gasteiger partial charge in [0, 0.05) is 20.2 Å². The van der Waals surface area contributed by atoms with Crippen LogP contribution in [-0.2, 0) is 11.3 Å². The Morgan fingerprint density at radius 1 is 0.960 bits per heavy atom. The first-order chi connectivity index (χ1) is 11.8. The fourth-order valence-corrected chi connectivity index (χ4v) is 2.07. The van der Waals surface area contributed by atoms with Crippen LogP contribution in [0.3, 0.4) is 0 Å². The molecule has 0 atom stereocenters. The molecule has 0 saturated heterocycles. The molecule has 5 nitrogen and oxygen atoms in total. The minimum atomic E-state index is 0. The Bertz CT molecular complexity index is 618. The van der Waals surface area contributed by atoms with Crippen molar-refractivity contribution < 1.29 is 9.47 Å². The van der Waals surface area contributed by atoms with Crippen LogP contribution in [0.2, 0.25) is 0 Å². The van der Waals surface area contributed by atoms with Gasteiger partial charge in [0.25, 0.3) is 0 Å². The van der Waals surface area contributed by atoms with Crippen molar-refractivity contribution in [2.45, 2.75) is 13.5 Å². The van der Waals surface area contributed by atoms with E-state index in [0.717, 1.165) is 36.1 Å². The number of benzene rings is 2. The summed E-state index contributed by atoms with van der Waals surface area (Å²) < 4.78 is 10.8. The van der Waals surface area contributed by atoms with Crippen molar-refractivity contribution in [2.24, 2.45) is 4.99 Å². The topological polar surface area (TPSA) is 54.9 Å². The number of rotatable bonds is 8. The predicted octanol–water partition coefficient (Wildman–Crippen LogP) is 3.80. The molecule has 0 aromatic heterocycles. The van der Waals surface area contributed by atoms with E-state index in [1.807, 2.05) is 61.5 Å². The van der Waals surface area contributed by atoms with Crippen molar-refractivity contribution in [3.05, 3.63) is 60.2 Å². The van der Waals surface area contributed by atoms with Crippen LogP contribution in [0.4, 0.5) is 0 Å². The van der Waals surface area contributed by atoms with E-state index in [0.29, 0.717) is 13.2 Å². The number of methoxy groups -OCH3 is 1. The number of ether oxygens (including phenoxy) is 2. The van der Waals surface area contributed by atoms with Gasteiger partial charge in [-0.2, -0.15) is 0 Å². The molecule has 0 aliphatic heterocycles. The van der Waals surface area contributed by atoms with Gasteiger partial charge in [-0.05, 0) is 36.8 Å². The van der Waals surface area contributed by atoms with Crippen molar-refractivity contribution in [3.63, 3.8) is 0 Å². The minimum absolute atomic E-state index is 0. The second-order valence-corrected chi connectivity index (χ2v) is 5.17. The van der Waals surface area contributed by atoms with Crippen molar-refractivity contribution >= 4 is 29.9 Å². The van der Waals surface area contributed by atoms with E-state index in [4.69, 9.17) is 9.47 Å². The Balaban J connectivity index is 0.00000312. The Morgan fingerprint density at radius 2 is 1.64 bits per heavy atom. The van der Waals surface area contributed by atoms with E-state index >= 15 is 0 Å². The third-order valence-corrected chi connectivity index (χ3v) is 3.26. The van der Waals surface area contributed by atoms with Crippen LogP contribution < -0.4 is 15.4 Å². The average Bonchev–Trinajstić information content (AvgIpc) is 2.62. The zero-order valence-corrected chi connectivity index (χ0v) is 17.0. The van der Waals surface area contributed by atoms with E-state index in [1.54, 1.807) is 7.11 Å². The number of guanidine groups is 1. The fraction of sp³-hybridized carbons (Fsp3) is 0.316. The van der Waals surface area contributed by atoms with Gasteiger partial charge < -0.3 is 20.1 Å². The van der Waals surface area contributed by atoms with Gasteiger partial charge in [0.2, 0.25) is 0 Å². The zero-order chi connectivity index (χ0) is 17.0. The maximum absolute atomic E-state index is 5.79. The third kappa shape index (κ3) is 8.22. The molecule has 6 heteroatoms. The number of halogens is 1. The van der Waals surface area contributed by atoms with Crippen molar-refractivity contribution in [1.82, 2.24) is 10.6 Å². The molecule has 2 aromatic carbocycles. The third-order valence-electron chi connectivity index (χ3n) is 3.26. The van der Waals surface area contributed by atoms with Gasteiger partial charge in [0.05, 0.1) is 13.2 Å². The summed E-state index contributed by atoms with van der Waals surface area (Å²) in [6, 6.07) is 17.7. The summed E-state index contributed by atoms with van der Waals surface area (Å²) in [7, 11) is 1.69. The maximum atomic E-state index is 5.79. The molecular formula is C19H26IN3O2. The normalized spacial score (nSPS) is 10.7. The highest BCUT2D eigenvalue weighted by atomic mass is 127. The zero-order valence-electron chi connectivity index (χ0n) is 14.7. The Morgan fingerprint density at radius 3 is 2.28 bits per heavy atom. The van der Waals surface area contributed by atoms with Crippen LogP contribution in [-0.4, -0.2) is 32.8 Å².